The molecule has 3 N–H and O–H groups in total. The third kappa shape index (κ3) is 3.62. The summed E-state index contributed by atoms with van der Waals surface area (Å²) in [5.74, 6) is 0.563. The SMILES string of the molecule is CNS(=O)(=O)C[C@H]1CC[C@H](N)CC1. The lowest BCUT2D eigenvalue weighted by atomic mass is 9.88. The number of nitrogens with two attached hydrogens (primary N) is 1. The Bertz CT molecular complexity index is 243. The van der Waals surface area contributed by atoms with Gasteiger partial charge in [0, 0.05) is 6.04 Å². The Morgan fingerprint density at radius 3 is 2.31 bits per heavy atom. The molecule has 1 aliphatic carbocycles. The largest absolute Gasteiger partial charge is 0.328 e. The molecule has 0 bridgehead atoms. The Morgan fingerprint density at radius 2 is 1.85 bits per heavy atom. The monoisotopic (exact) mass is 206 g/mol. The van der Waals surface area contributed by atoms with E-state index in [2.05, 4.69) is 4.72 Å². The second kappa shape index (κ2) is 4.39. The molecule has 0 spiro atoms. The van der Waals surface area contributed by atoms with Gasteiger partial charge in [-0.2, -0.15) is 0 Å². The Morgan fingerprint density at radius 1 is 1.31 bits per heavy atom. The topological polar surface area (TPSA) is 72.2 Å². The summed E-state index contributed by atoms with van der Waals surface area (Å²) in [7, 11) is -1.57. The quantitative estimate of drug-likeness (QED) is 0.685. The summed E-state index contributed by atoms with van der Waals surface area (Å²) in [4.78, 5) is 0. The van der Waals surface area contributed by atoms with Crippen LogP contribution in [0.15, 0.2) is 0 Å². The van der Waals surface area contributed by atoms with Gasteiger partial charge in [-0.15, -0.1) is 0 Å². The molecule has 0 aromatic heterocycles. The van der Waals surface area contributed by atoms with E-state index in [1.165, 1.54) is 7.05 Å². The minimum absolute atomic E-state index is 0.260. The predicted octanol–water partition coefficient (Wildman–Crippen LogP) is 0.0531. The Hall–Kier alpha value is -0.130. The summed E-state index contributed by atoms with van der Waals surface area (Å²) in [6.45, 7) is 0. The van der Waals surface area contributed by atoms with Crippen LogP contribution in [0.25, 0.3) is 0 Å². The molecule has 0 amide bonds. The van der Waals surface area contributed by atoms with Gasteiger partial charge >= 0.3 is 0 Å². The van der Waals surface area contributed by atoms with Crippen LogP contribution in [0, 0.1) is 5.92 Å². The predicted molar refractivity (Wildman–Crippen MR) is 52.8 cm³/mol. The highest BCUT2D eigenvalue weighted by Crippen LogP contribution is 2.23. The van der Waals surface area contributed by atoms with Crippen LogP contribution < -0.4 is 10.5 Å². The molecule has 0 aromatic rings. The maximum atomic E-state index is 11.2. The molecule has 4 nitrogen and oxygen atoms in total. The summed E-state index contributed by atoms with van der Waals surface area (Å²) < 4.78 is 24.8. The first-order valence-corrected chi connectivity index (χ1v) is 6.35. The Labute approximate surface area is 79.9 Å². The molecule has 0 aliphatic heterocycles. The number of sulfonamides is 1. The van der Waals surface area contributed by atoms with Gasteiger partial charge in [0.25, 0.3) is 0 Å². The lowest BCUT2D eigenvalue weighted by Gasteiger charge is -2.25. The molecule has 0 saturated heterocycles. The van der Waals surface area contributed by atoms with E-state index in [4.69, 9.17) is 5.73 Å². The van der Waals surface area contributed by atoms with Gasteiger partial charge in [0.2, 0.25) is 10.0 Å². The van der Waals surface area contributed by atoms with Crippen LogP contribution in [0.2, 0.25) is 0 Å². The standard InChI is InChI=1S/C8H18N2O2S/c1-10-13(11,12)6-7-2-4-8(9)5-3-7/h7-8,10H,2-6,9H2,1H3/t7-,8-. The third-order valence-corrected chi connectivity index (χ3v) is 4.19. The first kappa shape index (κ1) is 10.9. The molecular formula is C8H18N2O2S. The molecule has 1 fully saturated rings. The second-order valence-corrected chi connectivity index (χ2v) is 5.74. The van der Waals surface area contributed by atoms with Crippen molar-refractivity contribution in [3.8, 4) is 0 Å². The van der Waals surface area contributed by atoms with E-state index in [1.54, 1.807) is 0 Å². The van der Waals surface area contributed by atoms with Crippen molar-refractivity contribution in [3.63, 3.8) is 0 Å². The lowest BCUT2D eigenvalue weighted by Crippen LogP contribution is -2.32. The van der Waals surface area contributed by atoms with Crippen LogP contribution in [-0.4, -0.2) is 27.3 Å². The first-order valence-electron chi connectivity index (χ1n) is 4.70. The average molecular weight is 206 g/mol. The fraction of sp³-hybridized carbons (Fsp3) is 1.00. The van der Waals surface area contributed by atoms with Gasteiger partial charge < -0.3 is 5.73 Å². The van der Waals surface area contributed by atoms with Gasteiger partial charge in [0.05, 0.1) is 5.75 Å². The van der Waals surface area contributed by atoms with Crippen molar-refractivity contribution in [2.45, 2.75) is 31.7 Å². The molecule has 5 heteroatoms. The van der Waals surface area contributed by atoms with E-state index in [0.29, 0.717) is 5.92 Å². The summed E-state index contributed by atoms with van der Waals surface area (Å²) >= 11 is 0. The summed E-state index contributed by atoms with van der Waals surface area (Å²) in [6, 6.07) is 0.286. The molecule has 0 unspecified atom stereocenters. The molecule has 0 radical (unpaired) electrons. The van der Waals surface area contributed by atoms with E-state index in [9.17, 15) is 8.42 Å². The average Bonchev–Trinajstić information content (AvgIpc) is 2.09. The lowest BCUT2D eigenvalue weighted by molar-refractivity contribution is 0.348. The minimum atomic E-state index is -3.03. The van der Waals surface area contributed by atoms with E-state index in [1.807, 2.05) is 0 Å². The van der Waals surface area contributed by atoms with Crippen LogP contribution in [0.3, 0.4) is 0 Å². The van der Waals surface area contributed by atoms with Gasteiger partial charge in [-0.1, -0.05) is 0 Å². The van der Waals surface area contributed by atoms with Gasteiger partial charge in [-0.3, -0.25) is 0 Å². The molecule has 0 heterocycles. The van der Waals surface area contributed by atoms with Crippen molar-refractivity contribution in [1.82, 2.24) is 4.72 Å². The third-order valence-electron chi connectivity index (χ3n) is 2.66. The zero-order valence-electron chi connectivity index (χ0n) is 7.99. The van der Waals surface area contributed by atoms with E-state index in [0.717, 1.165) is 25.7 Å². The Balaban J connectivity index is 2.39. The molecule has 1 saturated carbocycles. The van der Waals surface area contributed by atoms with E-state index < -0.39 is 10.0 Å². The smallest absolute Gasteiger partial charge is 0.211 e. The fourth-order valence-electron chi connectivity index (χ4n) is 1.75. The van der Waals surface area contributed by atoms with E-state index in [-0.39, 0.29) is 11.8 Å². The molecule has 0 atom stereocenters. The molecule has 1 aliphatic rings. The second-order valence-electron chi connectivity index (χ2n) is 3.77. The van der Waals surface area contributed by atoms with Crippen molar-refractivity contribution in [3.05, 3.63) is 0 Å². The number of hydrogen-bond donors (Lipinski definition) is 2. The van der Waals surface area contributed by atoms with Crippen molar-refractivity contribution in [1.29, 1.82) is 0 Å². The summed E-state index contributed by atoms with van der Waals surface area (Å²) in [5, 5.41) is 0. The first-order chi connectivity index (χ1) is 6.03. The van der Waals surface area contributed by atoms with Gasteiger partial charge in [0.15, 0.2) is 0 Å². The van der Waals surface area contributed by atoms with E-state index >= 15 is 0 Å². The van der Waals surface area contributed by atoms with Crippen molar-refractivity contribution >= 4 is 10.0 Å². The van der Waals surface area contributed by atoms with Crippen molar-refractivity contribution < 1.29 is 8.42 Å². The van der Waals surface area contributed by atoms with Gasteiger partial charge in [-0.05, 0) is 38.6 Å². The molecule has 0 aromatic carbocycles. The van der Waals surface area contributed by atoms with Crippen molar-refractivity contribution in [2.75, 3.05) is 12.8 Å². The van der Waals surface area contributed by atoms with Crippen LogP contribution in [0.1, 0.15) is 25.7 Å². The summed E-state index contributed by atoms with van der Waals surface area (Å²) in [5.41, 5.74) is 5.73. The number of hydrogen-bond acceptors (Lipinski definition) is 3. The maximum absolute atomic E-state index is 11.2. The Kier molecular flexibility index (Phi) is 3.70. The highest BCUT2D eigenvalue weighted by molar-refractivity contribution is 7.89. The minimum Gasteiger partial charge on any atom is -0.328 e. The zero-order valence-corrected chi connectivity index (χ0v) is 8.81. The van der Waals surface area contributed by atoms with Crippen molar-refractivity contribution in [2.24, 2.45) is 11.7 Å². The highest BCUT2D eigenvalue weighted by Gasteiger charge is 2.22. The molecule has 13 heavy (non-hydrogen) atoms. The molecular weight excluding hydrogens is 188 g/mol. The van der Waals surface area contributed by atoms with Crippen LogP contribution >= 0.6 is 0 Å². The van der Waals surface area contributed by atoms with Gasteiger partial charge in [0.1, 0.15) is 0 Å². The zero-order chi connectivity index (χ0) is 9.90. The normalized spacial score (nSPS) is 30.3. The summed E-state index contributed by atoms with van der Waals surface area (Å²) in [6.07, 6.45) is 3.82. The number of nitrogens with one attached hydrogen (secondary N) is 1. The highest BCUT2D eigenvalue weighted by atomic mass is 32.2. The molecule has 78 valence electrons. The van der Waals surface area contributed by atoms with Crippen LogP contribution in [-0.2, 0) is 10.0 Å². The fourth-order valence-corrected chi connectivity index (χ4v) is 2.87. The maximum Gasteiger partial charge on any atom is 0.211 e. The molecule has 1 rings (SSSR count). The number of rotatable bonds is 3. The van der Waals surface area contributed by atoms with Gasteiger partial charge in [-0.25, -0.2) is 13.1 Å². The van der Waals surface area contributed by atoms with Crippen LogP contribution in [0.4, 0.5) is 0 Å². The van der Waals surface area contributed by atoms with Crippen LogP contribution in [0.5, 0.6) is 0 Å².